The van der Waals surface area contributed by atoms with Crippen molar-refractivity contribution in [2.75, 3.05) is 31.1 Å². The first-order chi connectivity index (χ1) is 12.8. The highest BCUT2D eigenvalue weighted by atomic mass is 127. The van der Waals surface area contributed by atoms with E-state index in [1.807, 2.05) is 29.2 Å². The summed E-state index contributed by atoms with van der Waals surface area (Å²) in [6, 6.07) is 11.1. The van der Waals surface area contributed by atoms with Crippen LogP contribution in [0, 0.1) is 3.57 Å². The van der Waals surface area contributed by atoms with E-state index in [4.69, 9.17) is 11.6 Å². The first-order valence-electron chi connectivity index (χ1n) is 8.98. The summed E-state index contributed by atoms with van der Waals surface area (Å²) in [7, 11) is 0. The van der Waals surface area contributed by atoms with E-state index in [1.165, 1.54) is 0 Å². The second-order valence-electron chi connectivity index (χ2n) is 6.62. The van der Waals surface area contributed by atoms with Crippen molar-refractivity contribution in [3.05, 3.63) is 60.6 Å². The van der Waals surface area contributed by atoms with Gasteiger partial charge in [-0.3, -0.25) is 0 Å². The van der Waals surface area contributed by atoms with Gasteiger partial charge < -0.3 is 20.0 Å². The van der Waals surface area contributed by atoms with E-state index in [-0.39, 0.29) is 0 Å². The third kappa shape index (κ3) is 3.76. The average Bonchev–Trinajstić information content (AvgIpc) is 2.85. The Morgan fingerprint density at radius 3 is 2.56 bits per heavy atom. The lowest BCUT2D eigenvalue weighted by Gasteiger charge is -2.33. The van der Waals surface area contributed by atoms with Crippen LogP contribution in [0.4, 0.5) is 5.69 Å². The third-order valence-electron chi connectivity index (χ3n) is 5.23. The molecule has 0 spiro atoms. The molecule has 146 valence electrons. The number of rotatable bonds is 6. The molecule has 2 atom stereocenters. The number of benzene rings is 2. The Hall–Kier alpha value is -0.380. The second-order valence-corrected chi connectivity index (χ2v) is 9.13. The molecule has 0 radical (unpaired) electrons. The predicted molar refractivity (Wildman–Crippen MR) is 122 cm³/mol. The molecule has 1 aliphatic rings. The molecule has 27 heavy (non-hydrogen) atoms. The number of nitrogens with zero attached hydrogens (tertiary/aromatic N) is 2. The minimum Gasteiger partial charge on any atom is -0.375 e. The Kier molecular flexibility index (Phi) is 6.75. The Morgan fingerprint density at radius 1 is 1.26 bits per heavy atom. The summed E-state index contributed by atoms with van der Waals surface area (Å²) in [5.74, 6) is 0. The number of likely N-dealkylation sites (N-methyl/N-ethyl adjacent to an activating group) is 1. The molecule has 4 nitrogen and oxygen atoms in total. The molecular formula is C20H23BrClIN2O2. The Bertz CT molecular complexity index is 834. The maximum absolute atomic E-state index is 11.8. The van der Waals surface area contributed by atoms with Crippen LogP contribution in [0.1, 0.15) is 25.0 Å². The van der Waals surface area contributed by atoms with Gasteiger partial charge in [-0.15, -0.1) is 0 Å². The van der Waals surface area contributed by atoms with Crippen LogP contribution in [0.2, 0.25) is 5.02 Å². The SMILES string of the molecule is CCN(CC)CCN1c2cc(I)cc(Br)c2C(O)(c2ccccc2Cl)C1O. The quantitative estimate of drug-likeness (QED) is 0.510. The van der Waals surface area contributed by atoms with Gasteiger partial charge in [-0.2, -0.15) is 0 Å². The fraction of sp³-hybridized carbons (Fsp3) is 0.400. The molecule has 2 unspecified atom stereocenters. The highest BCUT2D eigenvalue weighted by Crippen LogP contribution is 2.51. The van der Waals surface area contributed by atoms with Crippen molar-refractivity contribution in [1.82, 2.24) is 4.90 Å². The molecule has 3 rings (SSSR count). The Balaban J connectivity index is 2.12. The van der Waals surface area contributed by atoms with Gasteiger partial charge in [0, 0.05) is 43.0 Å². The number of hydrogen-bond donors (Lipinski definition) is 2. The van der Waals surface area contributed by atoms with Gasteiger partial charge in [-0.1, -0.05) is 59.6 Å². The lowest BCUT2D eigenvalue weighted by molar-refractivity contribution is -0.0391. The molecule has 2 aromatic rings. The van der Waals surface area contributed by atoms with Gasteiger partial charge in [-0.25, -0.2) is 0 Å². The van der Waals surface area contributed by atoms with Crippen LogP contribution >= 0.6 is 50.1 Å². The molecule has 1 aliphatic heterocycles. The standard InChI is InChI=1S/C20H23BrClIN2O2/c1-3-24(4-2)9-10-25-17-12-13(23)11-15(21)18(17)20(27,19(25)26)14-7-5-6-8-16(14)22/h5-8,11-12,19,26-27H,3-4,9-10H2,1-2H3. The van der Waals surface area contributed by atoms with Crippen molar-refractivity contribution in [3.8, 4) is 0 Å². The fourth-order valence-electron chi connectivity index (χ4n) is 3.73. The van der Waals surface area contributed by atoms with E-state index in [1.54, 1.807) is 12.1 Å². The molecule has 0 aliphatic carbocycles. The number of hydrogen-bond acceptors (Lipinski definition) is 4. The Morgan fingerprint density at radius 2 is 1.93 bits per heavy atom. The number of halogens is 3. The zero-order valence-corrected chi connectivity index (χ0v) is 19.8. The van der Waals surface area contributed by atoms with Gasteiger partial charge in [0.2, 0.25) is 0 Å². The first kappa shape index (κ1) is 21.3. The van der Waals surface area contributed by atoms with Gasteiger partial charge in [0.05, 0.1) is 0 Å². The van der Waals surface area contributed by atoms with Crippen molar-refractivity contribution >= 4 is 55.8 Å². The van der Waals surface area contributed by atoms with Crippen LogP contribution in [0.3, 0.4) is 0 Å². The van der Waals surface area contributed by atoms with Gasteiger partial charge >= 0.3 is 0 Å². The highest BCUT2D eigenvalue weighted by Gasteiger charge is 2.52. The second kappa shape index (κ2) is 8.55. The van der Waals surface area contributed by atoms with Gasteiger partial charge in [-0.05, 0) is 53.9 Å². The number of aliphatic hydroxyl groups is 2. The fourth-order valence-corrected chi connectivity index (χ4v) is 5.79. The first-order valence-corrected chi connectivity index (χ1v) is 11.2. The van der Waals surface area contributed by atoms with Gasteiger partial charge in [0.1, 0.15) is 0 Å². The van der Waals surface area contributed by atoms with Gasteiger partial charge in [0.25, 0.3) is 0 Å². The van der Waals surface area contributed by atoms with Crippen molar-refractivity contribution < 1.29 is 10.2 Å². The molecule has 2 N–H and O–H groups in total. The van der Waals surface area contributed by atoms with E-state index in [0.717, 1.165) is 33.4 Å². The molecule has 0 fully saturated rings. The molecule has 0 saturated heterocycles. The van der Waals surface area contributed by atoms with E-state index >= 15 is 0 Å². The monoisotopic (exact) mass is 564 g/mol. The summed E-state index contributed by atoms with van der Waals surface area (Å²) >= 11 is 12.3. The van der Waals surface area contributed by atoms with Gasteiger partial charge in [0.15, 0.2) is 11.8 Å². The van der Waals surface area contributed by atoms with E-state index < -0.39 is 11.8 Å². The molecule has 7 heteroatoms. The van der Waals surface area contributed by atoms with Crippen LogP contribution < -0.4 is 4.90 Å². The molecule has 2 aromatic carbocycles. The minimum atomic E-state index is -1.61. The smallest absolute Gasteiger partial charge is 0.164 e. The maximum atomic E-state index is 11.8. The van der Waals surface area contributed by atoms with Crippen LogP contribution in [0.15, 0.2) is 40.9 Å². The lowest BCUT2D eigenvalue weighted by atomic mass is 9.87. The summed E-state index contributed by atoms with van der Waals surface area (Å²) in [5.41, 5.74) is 0.381. The molecule has 1 heterocycles. The normalized spacial score (nSPS) is 21.8. The van der Waals surface area contributed by atoms with Crippen molar-refractivity contribution in [2.24, 2.45) is 0 Å². The van der Waals surface area contributed by atoms with Crippen LogP contribution in [-0.2, 0) is 5.60 Å². The van der Waals surface area contributed by atoms with Crippen LogP contribution in [0.25, 0.3) is 0 Å². The summed E-state index contributed by atoms with van der Waals surface area (Å²) in [5, 5.41) is 23.5. The number of fused-ring (bicyclic) bond motifs is 1. The summed E-state index contributed by atoms with van der Waals surface area (Å²) < 4.78 is 1.79. The maximum Gasteiger partial charge on any atom is 0.164 e. The molecule has 0 aromatic heterocycles. The molecular weight excluding hydrogens is 542 g/mol. The topological polar surface area (TPSA) is 46.9 Å². The van der Waals surface area contributed by atoms with Crippen molar-refractivity contribution in [3.63, 3.8) is 0 Å². The zero-order chi connectivity index (χ0) is 19.8. The zero-order valence-electron chi connectivity index (χ0n) is 15.3. The largest absolute Gasteiger partial charge is 0.375 e. The number of anilines is 1. The third-order valence-corrected chi connectivity index (χ3v) is 6.81. The molecule has 0 bridgehead atoms. The predicted octanol–water partition coefficient (Wildman–Crippen LogP) is 4.42. The molecule has 0 amide bonds. The summed E-state index contributed by atoms with van der Waals surface area (Å²) in [6.45, 7) is 7.53. The van der Waals surface area contributed by atoms with Crippen molar-refractivity contribution in [1.29, 1.82) is 0 Å². The van der Waals surface area contributed by atoms with E-state index in [9.17, 15) is 10.2 Å². The van der Waals surface area contributed by atoms with Crippen LogP contribution in [-0.4, -0.2) is 47.5 Å². The van der Waals surface area contributed by atoms with E-state index in [2.05, 4.69) is 57.3 Å². The lowest BCUT2D eigenvalue weighted by Crippen LogP contribution is -2.48. The highest BCUT2D eigenvalue weighted by molar-refractivity contribution is 14.1. The van der Waals surface area contributed by atoms with E-state index in [0.29, 0.717) is 22.7 Å². The van der Waals surface area contributed by atoms with Crippen molar-refractivity contribution in [2.45, 2.75) is 25.7 Å². The summed E-state index contributed by atoms with van der Waals surface area (Å²) in [4.78, 5) is 4.17. The molecule has 0 saturated carbocycles. The number of aliphatic hydroxyl groups excluding tert-OH is 1. The Labute approximate surface area is 187 Å². The summed E-state index contributed by atoms with van der Waals surface area (Å²) in [6.07, 6.45) is -1.13. The van der Waals surface area contributed by atoms with Crippen LogP contribution in [0.5, 0.6) is 0 Å². The minimum absolute atomic E-state index is 0.432. The average molecular weight is 566 g/mol.